The minimum absolute atomic E-state index is 0. The Labute approximate surface area is 115 Å². The molecule has 3 nitrogen and oxygen atoms in total. The van der Waals surface area contributed by atoms with Gasteiger partial charge in [-0.15, -0.1) is 24.8 Å². The van der Waals surface area contributed by atoms with Crippen LogP contribution in [0.2, 0.25) is 0 Å². The molecule has 1 aliphatic rings. The van der Waals surface area contributed by atoms with Crippen molar-refractivity contribution in [1.29, 1.82) is 0 Å². The Balaban J connectivity index is 0.00000128. The highest BCUT2D eigenvalue weighted by molar-refractivity contribution is 5.85. The first kappa shape index (κ1) is 16.5. The van der Waals surface area contributed by atoms with Crippen LogP contribution in [0.3, 0.4) is 0 Å². The minimum atomic E-state index is 0. The van der Waals surface area contributed by atoms with Crippen LogP contribution in [0.25, 0.3) is 0 Å². The lowest BCUT2D eigenvalue weighted by atomic mass is 9.93. The Kier molecular flexibility index (Phi) is 7.55. The van der Waals surface area contributed by atoms with Gasteiger partial charge in [-0.25, -0.2) is 0 Å². The van der Waals surface area contributed by atoms with Gasteiger partial charge in [0.2, 0.25) is 0 Å². The molecule has 0 unspecified atom stereocenters. The van der Waals surface area contributed by atoms with E-state index < -0.39 is 0 Å². The van der Waals surface area contributed by atoms with Crippen molar-refractivity contribution in [2.24, 2.45) is 5.73 Å². The number of hydrogen-bond donors (Lipinski definition) is 2. The number of halogens is 2. The SMILES string of the molecule is COc1ccc([C@@H]2NCCC[C@@H]2N)cc1.Cl.Cl. The van der Waals surface area contributed by atoms with E-state index in [9.17, 15) is 0 Å². The third-order valence-corrected chi connectivity index (χ3v) is 2.98. The van der Waals surface area contributed by atoms with Crippen LogP contribution in [0.4, 0.5) is 0 Å². The highest BCUT2D eigenvalue weighted by atomic mass is 35.5. The number of rotatable bonds is 2. The summed E-state index contributed by atoms with van der Waals surface area (Å²) < 4.78 is 5.13. The van der Waals surface area contributed by atoms with E-state index in [0.717, 1.165) is 18.7 Å². The molecule has 1 aliphatic heterocycles. The van der Waals surface area contributed by atoms with Gasteiger partial charge in [0.1, 0.15) is 5.75 Å². The Hall–Kier alpha value is -0.480. The van der Waals surface area contributed by atoms with Gasteiger partial charge in [-0.1, -0.05) is 12.1 Å². The molecule has 1 aromatic rings. The van der Waals surface area contributed by atoms with Crippen LogP contribution in [0.1, 0.15) is 24.4 Å². The van der Waals surface area contributed by atoms with E-state index in [1.807, 2.05) is 12.1 Å². The standard InChI is InChI=1S/C12H18N2O.2ClH/c1-15-10-6-4-9(5-7-10)12-11(13)3-2-8-14-12;;/h4-7,11-12,14H,2-3,8,13H2,1H3;2*1H/t11-,12-;;/m0../s1. The Morgan fingerprint density at radius 3 is 2.41 bits per heavy atom. The van der Waals surface area contributed by atoms with Gasteiger partial charge in [0, 0.05) is 12.1 Å². The van der Waals surface area contributed by atoms with Crippen LogP contribution < -0.4 is 15.8 Å². The van der Waals surface area contributed by atoms with E-state index in [1.165, 1.54) is 12.0 Å². The van der Waals surface area contributed by atoms with E-state index in [-0.39, 0.29) is 30.9 Å². The van der Waals surface area contributed by atoms with Crippen molar-refractivity contribution in [2.45, 2.75) is 24.9 Å². The largest absolute Gasteiger partial charge is 0.497 e. The zero-order valence-electron chi connectivity index (χ0n) is 9.89. The lowest BCUT2D eigenvalue weighted by Gasteiger charge is -2.30. The maximum Gasteiger partial charge on any atom is 0.118 e. The molecule has 0 spiro atoms. The number of hydrogen-bond acceptors (Lipinski definition) is 3. The van der Waals surface area contributed by atoms with Gasteiger partial charge < -0.3 is 15.8 Å². The van der Waals surface area contributed by atoms with Gasteiger partial charge in [0.25, 0.3) is 0 Å². The smallest absolute Gasteiger partial charge is 0.118 e. The molecule has 0 bridgehead atoms. The van der Waals surface area contributed by atoms with Gasteiger partial charge in [0.05, 0.1) is 7.11 Å². The summed E-state index contributed by atoms with van der Waals surface area (Å²) in [6.07, 6.45) is 2.28. The van der Waals surface area contributed by atoms with E-state index in [4.69, 9.17) is 10.5 Å². The molecule has 1 heterocycles. The molecule has 2 atom stereocenters. The maximum absolute atomic E-state index is 6.09. The van der Waals surface area contributed by atoms with Crippen molar-refractivity contribution < 1.29 is 4.74 Å². The molecule has 1 aromatic carbocycles. The van der Waals surface area contributed by atoms with Crippen LogP contribution in [-0.2, 0) is 0 Å². The Morgan fingerprint density at radius 1 is 1.24 bits per heavy atom. The van der Waals surface area contributed by atoms with Gasteiger partial charge in [-0.2, -0.15) is 0 Å². The number of methoxy groups -OCH3 is 1. The lowest BCUT2D eigenvalue weighted by Crippen LogP contribution is -2.42. The number of nitrogens with one attached hydrogen (secondary N) is 1. The lowest BCUT2D eigenvalue weighted by molar-refractivity contribution is 0.357. The Morgan fingerprint density at radius 2 is 1.88 bits per heavy atom. The molecular formula is C12H20Cl2N2O. The average molecular weight is 279 g/mol. The fourth-order valence-corrected chi connectivity index (χ4v) is 2.09. The number of benzene rings is 1. The van der Waals surface area contributed by atoms with Crippen molar-refractivity contribution in [3.05, 3.63) is 29.8 Å². The summed E-state index contributed by atoms with van der Waals surface area (Å²) in [6, 6.07) is 8.66. The van der Waals surface area contributed by atoms with Crippen LogP contribution in [-0.4, -0.2) is 19.7 Å². The third kappa shape index (κ3) is 4.03. The molecule has 0 aliphatic carbocycles. The first-order valence-electron chi connectivity index (χ1n) is 5.44. The van der Waals surface area contributed by atoms with Crippen molar-refractivity contribution in [1.82, 2.24) is 5.32 Å². The molecule has 0 aromatic heterocycles. The van der Waals surface area contributed by atoms with Crippen molar-refractivity contribution in [2.75, 3.05) is 13.7 Å². The van der Waals surface area contributed by atoms with Crippen LogP contribution >= 0.6 is 24.8 Å². The molecule has 0 amide bonds. The Bertz CT molecular complexity index is 319. The van der Waals surface area contributed by atoms with E-state index in [0.29, 0.717) is 6.04 Å². The number of nitrogens with two attached hydrogens (primary N) is 1. The second kappa shape index (κ2) is 7.77. The van der Waals surface area contributed by atoms with Gasteiger partial charge in [-0.05, 0) is 37.1 Å². The third-order valence-electron chi connectivity index (χ3n) is 2.98. The summed E-state index contributed by atoms with van der Waals surface area (Å²) in [5, 5.41) is 3.46. The van der Waals surface area contributed by atoms with Crippen LogP contribution in [0, 0.1) is 0 Å². The number of ether oxygens (including phenoxy) is 1. The topological polar surface area (TPSA) is 47.3 Å². The second-order valence-corrected chi connectivity index (χ2v) is 4.01. The van der Waals surface area contributed by atoms with Gasteiger partial charge >= 0.3 is 0 Å². The molecular weight excluding hydrogens is 259 g/mol. The normalized spacial score (nSPS) is 23.2. The molecule has 0 radical (unpaired) electrons. The fraction of sp³-hybridized carbons (Fsp3) is 0.500. The van der Waals surface area contributed by atoms with Crippen LogP contribution in [0.15, 0.2) is 24.3 Å². The molecule has 2 rings (SSSR count). The molecule has 3 N–H and O–H groups in total. The summed E-state index contributed by atoms with van der Waals surface area (Å²) in [6.45, 7) is 1.06. The monoisotopic (exact) mass is 278 g/mol. The average Bonchev–Trinajstić information content (AvgIpc) is 2.30. The van der Waals surface area contributed by atoms with E-state index in [1.54, 1.807) is 7.11 Å². The van der Waals surface area contributed by atoms with Crippen LogP contribution in [0.5, 0.6) is 5.75 Å². The molecule has 98 valence electrons. The molecule has 1 saturated heterocycles. The quantitative estimate of drug-likeness (QED) is 0.873. The summed E-state index contributed by atoms with van der Waals surface area (Å²) in [4.78, 5) is 0. The summed E-state index contributed by atoms with van der Waals surface area (Å²) >= 11 is 0. The van der Waals surface area contributed by atoms with Crippen molar-refractivity contribution in [3.8, 4) is 5.75 Å². The predicted octanol–water partition coefficient (Wildman–Crippen LogP) is 2.29. The molecule has 17 heavy (non-hydrogen) atoms. The summed E-state index contributed by atoms with van der Waals surface area (Å²) in [5.74, 6) is 0.892. The zero-order valence-corrected chi connectivity index (χ0v) is 11.5. The fourth-order valence-electron chi connectivity index (χ4n) is 2.09. The summed E-state index contributed by atoms with van der Waals surface area (Å²) in [5.41, 5.74) is 7.34. The molecule has 1 fully saturated rings. The molecule has 0 saturated carbocycles. The molecule has 5 heteroatoms. The second-order valence-electron chi connectivity index (χ2n) is 4.01. The van der Waals surface area contributed by atoms with Crippen molar-refractivity contribution >= 4 is 24.8 Å². The summed E-state index contributed by atoms with van der Waals surface area (Å²) in [7, 11) is 1.68. The highest BCUT2D eigenvalue weighted by Gasteiger charge is 2.22. The first-order valence-corrected chi connectivity index (χ1v) is 5.44. The van der Waals surface area contributed by atoms with E-state index in [2.05, 4.69) is 17.4 Å². The zero-order chi connectivity index (χ0) is 10.7. The highest BCUT2D eigenvalue weighted by Crippen LogP contribution is 2.23. The first-order chi connectivity index (χ1) is 7.31. The number of piperidine rings is 1. The van der Waals surface area contributed by atoms with Crippen molar-refractivity contribution in [3.63, 3.8) is 0 Å². The van der Waals surface area contributed by atoms with E-state index >= 15 is 0 Å². The van der Waals surface area contributed by atoms with Gasteiger partial charge in [-0.3, -0.25) is 0 Å². The predicted molar refractivity (Wildman–Crippen MR) is 75.4 cm³/mol. The maximum atomic E-state index is 6.09. The van der Waals surface area contributed by atoms with Gasteiger partial charge in [0.15, 0.2) is 0 Å². The minimum Gasteiger partial charge on any atom is -0.497 e.